The molecular formula is C21H19N3O3. The molecule has 0 bridgehead atoms. The minimum absolute atomic E-state index is 0.171. The Labute approximate surface area is 156 Å². The third-order valence-corrected chi connectivity index (χ3v) is 5.36. The number of rotatable bonds is 5. The van der Waals surface area contributed by atoms with Gasteiger partial charge in [0.1, 0.15) is 0 Å². The summed E-state index contributed by atoms with van der Waals surface area (Å²) in [7, 11) is 1.72. The molecule has 0 spiro atoms. The van der Waals surface area contributed by atoms with Crippen LogP contribution < -0.4 is 4.90 Å². The SMILES string of the molecule is CN1C(=O)[C@@]([C@H](C[N+](=O)[O-])c2ccccc2)(n2cccc2)c2ccccc21. The molecule has 3 aromatic rings. The van der Waals surface area contributed by atoms with Crippen molar-refractivity contribution in [1.82, 2.24) is 4.57 Å². The summed E-state index contributed by atoms with van der Waals surface area (Å²) < 4.78 is 1.82. The van der Waals surface area contributed by atoms with Crippen LogP contribution in [0.3, 0.4) is 0 Å². The lowest BCUT2D eigenvalue weighted by Crippen LogP contribution is -2.50. The van der Waals surface area contributed by atoms with E-state index in [2.05, 4.69) is 0 Å². The van der Waals surface area contributed by atoms with Crippen LogP contribution in [0.2, 0.25) is 0 Å². The van der Waals surface area contributed by atoms with E-state index >= 15 is 0 Å². The number of aromatic nitrogens is 1. The molecule has 27 heavy (non-hydrogen) atoms. The van der Waals surface area contributed by atoms with Gasteiger partial charge < -0.3 is 9.47 Å². The van der Waals surface area contributed by atoms with Crippen molar-refractivity contribution >= 4 is 11.6 Å². The van der Waals surface area contributed by atoms with Crippen molar-refractivity contribution in [2.24, 2.45) is 0 Å². The summed E-state index contributed by atoms with van der Waals surface area (Å²) in [5.41, 5.74) is 1.12. The van der Waals surface area contributed by atoms with Crippen LogP contribution in [0.15, 0.2) is 79.1 Å². The van der Waals surface area contributed by atoms with Crippen LogP contribution in [0.1, 0.15) is 17.0 Å². The highest BCUT2D eigenvalue weighted by molar-refractivity contribution is 6.08. The molecule has 0 radical (unpaired) electrons. The number of likely N-dealkylation sites (N-methyl/N-ethyl adjacent to an activating group) is 1. The first-order chi connectivity index (χ1) is 13.1. The fourth-order valence-corrected chi connectivity index (χ4v) is 4.22. The van der Waals surface area contributed by atoms with Crippen molar-refractivity contribution in [3.05, 3.63) is 100 Å². The van der Waals surface area contributed by atoms with Crippen molar-refractivity contribution in [3.63, 3.8) is 0 Å². The van der Waals surface area contributed by atoms with Gasteiger partial charge in [0.25, 0.3) is 5.91 Å². The van der Waals surface area contributed by atoms with Gasteiger partial charge in [-0.15, -0.1) is 0 Å². The Kier molecular flexibility index (Phi) is 4.03. The number of carbonyl (C=O) groups is 1. The number of hydrogen-bond donors (Lipinski definition) is 0. The van der Waals surface area contributed by atoms with Crippen LogP contribution in [0.25, 0.3) is 0 Å². The Hall–Kier alpha value is -3.41. The number of amides is 1. The third kappa shape index (κ3) is 2.44. The lowest BCUT2D eigenvalue weighted by atomic mass is 9.74. The van der Waals surface area contributed by atoms with E-state index in [9.17, 15) is 14.9 Å². The van der Waals surface area contributed by atoms with Gasteiger partial charge in [-0.25, -0.2) is 0 Å². The van der Waals surface area contributed by atoms with Crippen LogP contribution in [0.5, 0.6) is 0 Å². The predicted octanol–water partition coefficient (Wildman–Crippen LogP) is 3.27. The molecule has 0 saturated heterocycles. The summed E-state index contributed by atoms with van der Waals surface area (Å²) in [4.78, 5) is 26.6. The summed E-state index contributed by atoms with van der Waals surface area (Å²) in [5, 5.41) is 11.6. The molecule has 2 aromatic carbocycles. The molecule has 0 saturated carbocycles. The average molecular weight is 361 g/mol. The molecule has 6 heteroatoms. The molecule has 0 fully saturated rings. The van der Waals surface area contributed by atoms with E-state index in [-0.39, 0.29) is 17.4 Å². The largest absolute Gasteiger partial charge is 0.335 e. The van der Waals surface area contributed by atoms with E-state index in [1.54, 1.807) is 11.9 Å². The van der Waals surface area contributed by atoms with Gasteiger partial charge in [-0.1, -0.05) is 48.5 Å². The molecular weight excluding hydrogens is 342 g/mol. The normalized spacial score (nSPS) is 19.7. The van der Waals surface area contributed by atoms with Crippen molar-refractivity contribution in [2.75, 3.05) is 18.5 Å². The van der Waals surface area contributed by atoms with Crippen LogP contribution in [-0.4, -0.2) is 29.0 Å². The van der Waals surface area contributed by atoms with Gasteiger partial charge in [0.15, 0.2) is 5.54 Å². The van der Waals surface area contributed by atoms with Crippen LogP contribution in [-0.2, 0) is 10.3 Å². The number of hydrogen-bond acceptors (Lipinski definition) is 3. The maximum Gasteiger partial charge on any atom is 0.258 e. The lowest BCUT2D eigenvalue weighted by molar-refractivity contribution is -0.485. The van der Waals surface area contributed by atoms with Gasteiger partial charge in [-0.05, 0) is 23.8 Å². The van der Waals surface area contributed by atoms with Gasteiger partial charge >= 0.3 is 0 Å². The highest BCUT2D eigenvalue weighted by Gasteiger charge is 2.57. The number of anilines is 1. The van der Waals surface area contributed by atoms with E-state index in [0.717, 1.165) is 16.8 Å². The van der Waals surface area contributed by atoms with Gasteiger partial charge in [-0.2, -0.15) is 0 Å². The van der Waals surface area contributed by atoms with Gasteiger partial charge in [-0.3, -0.25) is 14.9 Å². The molecule has 0 unspecified atom stereocenters. The van der Waals surface area contributed by atoms with Gasteiger partial charge in [0.2, 0.25) is 6.54 Å². The second kappa shape index (κ2) is 6.39. The third-order valence-electron chi connectivity index (χ3n) is 5.36. The minimum atomic E-state index is -1.21. The second-order valence-corrected chi connectivity index (χ2v) is 6.72. The molecule has 2 heterocycles. The molecule has 1 amide bonds. The number of nitrogens with zero attached hydrogens (tertiary/aromatic N) is 3. The summed E-state index contributed by atoms with van der Waals surface area (Å²) in [5.74, 6) is -0.824. The zero-order chi connectivity index (χ0) is 19.0. The number of fused-ring (bicyclic) bond motifs is 1. The number of benzene rings is 2. The quantitative estimate of drug-likeness (QED) is 0.517. The van der Waals surface area contributed by atoms with Crippen molar-refractivity contribution in [1.29, 1.82) is 0 Å². The van der Waals surface area contributed by atoms with Crippen molar-refractivity contribution < 1.29 is 9.72 Å². The topological polar surface area (TPSA) is 68.4 Å². The minimum Gasteiger partial charge on any atom is -0.335 e. The smallest absolute Gasteiger partial charge is 0.258 e. The summed E-state index contributed by atoms with van der Waals surface area (Å²) in [6.45, 7) is -0.351. The maximum absolute atomic E-state index is 13.7. The first-order valence-corrected chi connectivity index (χ1v) is 8.74. The number of para-hydroxylation sites is 1. The zero-order valence-electron chi connectivity index (χ0n) is 14.9. The summed E-state index contributed by atoms with van der Waals surface area (Å²) in [6.07, 6.45) is 3.62. The average Bonchev–Trinajstić information content (AvgIpc) is 3.29. The first-order valence-electron chi connectivity index (χ1n) is 8.74. The number of carbonyl (C=O) groups excluding carboxylic acids is 1. The highest BCUT2D eigenvalue weighted by atomic mass is 16.6. The molecule has 0 aliphatic carbocycles. The highest BCUT2D eigenvalue weighted by Crippen LogP contribution is 2.50. The molecule has 1 aromatic heterocycles. The summed E-state index contributed by atoms with van der Waals surface area (Å²) >= 11 is 0. The predicted molar refractivity (Wildman–Crippen MR) is 102 cm³/mol. The Morgan fingerprint density at radius 3 is 2.30 bits per heavy atom. The first kappa shape index (κ1) is 17.0. The molecule has 4 rings (SSSR count). The molecule has 0 N–H and O–H groups in total. The molecule has 1 aliphatic heterocycles. The molecule has 136 valence electrons. The lowest BCUT2D eigenvalue weighted by Gasteiger charge is -2.36. The zero-order valence-corrected chi connectivity index (χ0v) is 14.9. The van der Waals surface area contributed by atoms with E-state index in [1.807, 2.05) is 83.7 Å². The van der Waals surface area contributed by atoms with Crippen LogP contribution in [0.4, 0.5) is 5.69 Å². The summed E-state index contributed by atoms with van der Waals surface area (Å²) in [6, 6.07) is 20.5. The van der Waals surface area contributed by atoms with Crippen molar-refractivity contribution in [2.45, 2.75) is 11.5 Å². The van der Waals surface area contributed by atoms with Crippen LogP contribution in [0, 0.1) is 10.1 Å². The molecule has 1 aliphatic rings. The second-order valence-electron chi connectivity index (χ2n) is 6.72. The Morgan fingerprint density at radius 1 is 1.00 bits per heavy atom. The fraction of sp³-hybridized carbons (Fsp3) is 0.190. The van der Waals surface area contributed by atoms with E-state index < -0.39 is 11.5 Å². The maximum atomic E-state index is 13.7. The van der Waals surface area contributed by atoms with E-state index in [1.165, 1.54) is 0 Å². The van der Waals surface area contributed by atoms with Crippen LogP contribution >= 0.6 is 0 Å². The van der Waals surface area contributed by atoms with Gasteiger partial charge in [0.05, 0.1) is 5.92 Å². The Morgan fingerprint density at radius 2 is 1.63 bits per heavy atom. The Balaban J connectivity index is 2.05. The number of nitro groups is 1. The molecule has 2 atom stereocenters. The Bertz CT molecular complexity index is 985. The van der Waals surface area contributed by atoms with Gasteiger partial charge in [0, 0.05) is 35.6 Å². The van der Waals surface area contributed by atoms with Crippen molar-refractivity contribution in [3.8, 4) is 0 Å². The molecule has 6 nitrogen and oxygen atoms in total. The monoisotopic (exact) mass is 361 g/mol. The standard InChI is InChI=1S/C21H19N3O3/c1-22-19-12-6-5-11-17(19)21(20(22)25,23-13-7-8-14-23)18(15-24(26)27)16-9-3-2-4-10-16/h2-14,18H,15H2,1H3/t18-,21-/m1/s1. The van der Waals surface area contributed by atoms with E-state index in [4.69, 9.17) is 0 Å². The fourth-order valence-electron chi connectivity index (χ4n) is 4.22. The van der Waals surface area contributed by atoms with E-state index in [0.29, 0.717) is 0 Å².